The third-order valence-corrected chi connectivity index (χ3v) is 4.05. The Bertz CT molecular complexity index is 406. The van der Waals surface area contributed by atoms with Gasteiger partial charge in [0.05, 0.1) is 9.72 Å². The Morgan fingerprint density at radius 2 is 1.92 bits per heavy atom. The van der Waals surface area contributed by atoms with Crippen LogP contribution in [0.1, 0.15) is 11.8 Å². The minimum atomic E-state index is 0.787. The molecule has 0 unspecified atom stereocenters. The van der Waals surface area contributed by atoms with E-state index in [1.165, 1.54) is 4.88 Å². The molecule has 0 bridgehead atoms. The zero-order valence-corrected chi connectivity index (χ0v) is 9.43. The van der Waals surface area contributed by atoms with Gasteiger partial charge in [-0.05, 0) is 24.6 Å². The summed E-state index contributed by atoms with van der Waals surface area (Å²) >= 11 is 13.8. The number of aryl methyl sites for hydroxylation is 1. The van der Waals surface area contributed by atoms with Crippen molar-refractivity contribution in [3.8, 4) is 0 Å². The lowest BCUT2D eigenvalue weighted by Crippen LogP contribution is -1.67. The van der Waals surface area contributed by atoms with E-state index in [-0.39, 0.29) is 0 Å². The van der Waals surface area contributed by atoms with Crippen LogP contribution in [-0.2, 0) is 6.42 Å². The van der Waals surface area contributed by atoms with Crippen LogP contribution in [0.15, 0.2) is 18.2 Å². The average molecular weight is 231 g/mol. The van der Waals surface area contributed by atoms with Gasteiger partial charge < -0.3 is 0 Å². The van der Waals surface area contributed by atoms with Crippen LogP contribution in [0.25, 0.3) is 10.1 Å². The van der Waals surface area contributed by atoms with Crippen molar-refractivity contribution in [3.63, 3.8) is 0 Å². The van der Waals surface area contributed by atoms with E-state index in [0.717, 1.165) is 26.6 Å². The van der Waals surface area contributed by atoms with Gasteiger partial charge in [0, 0.05) is 15.3 Å². The zero-order valence-electron chi connectivity index (χ0n) is 7.10. The van der Waals surface area contributed by atoms with Crippen molar-refractivity contribution in [3.05, 3.63) is 33.1 Å². The SMILES string of the molecule is CCc1cc2c(Cl)ccc(Cl)c2s1. The summed E-state index contributed by atoms with van der Waals surface area (Å²) < 4.78 is 1.10. The Hall–Kier alpha value is -0.240. The van der Waals surface area contributed by atoms with Crippen molar-refractivity contribution in [1.82, 2.24) is 0 Å². The Kier molecular flexibility index (Phi) is 2.50. The lowest BCUT2D eigenvalue weighted by Gasteiger charge is -1.94. The first-order valence-corrected chi connectivity index (χ1v) is 5.66. The molecule has 0 aliphatic heterocycles. The van der Waals surface area contributed by atoms with Crippen LogP contribution in [0.5, 0.6) is 0 Å². The average Bonchev–Trinajstić information content (AvgIpc) is 2.56. The summed E-state index contributed by atoms with van der Waals surface area (Å²) in [6, 6.07) is 5.81. The van der Waals surface area contributed by atoms with Gasteiger partial charge in [-0.2, -0.15) is 0 Å². The van der Waals surface area contributed by atoms with Crippen molar-refractivity contribution in [2.45, 2.75) is 13.3 Å². The molecule has 2 aromatic rings. The molecule has 1 aromatic heterocycles. The third kappa shape index (κ3) is 1.56. The van der Waals surface area contributed by atoms with E-state index in [1.807, 2.05) is 12.1 Å². The molecule has 0 N–H and O–H groups in total. The summed E-state index contributed by atoms with van der Waals surface area (Å²) in [5.41, 5.74) is 0. The number of rotatable bonds is 1. The van der Waals surface area contributed by atoms with Crippen LogP contribution < -0.4 is 0 Å². The van der Waals surface area contributed by atoms with E-state index in [0.29, 0.717) is 0 Å². The molecule has 1 heterocycles. The van der Waals surface area contributed by atoms with Crippen LogP contribution >= 0.6 is 34.5 Å². The third-order valence-electron chi connectivity index (χ3n) is 1.98. The standard InChI is InChI=1S/C10H8Cl2S/c1-2-6-5-7-8(11)3-4-9(12)10(7)13-6/h3-5H,2H2,1H3. The fraction of sp³-hybridized carbons (Fsp3) is 0.200. The summed E-state index contributed by atoms with van der Waals surface area (Å²) in [5.74, 6) is 0. The van der Waals surface area contributed by atoms with Crippen LogP contribution in [0.4, 0.5) is 0 Å². The van der Waals surface area contributed by atoms with E-state index >= 15 is 0 Å². The second kappa shape index (κ2) is 3.49. The molecule has 0 nitrogen and oxygen atoms in total. The fourth-order valence-electron chi connectivity index (χ4n) is 1.28. The predicted molar refractivity (Wildman–Crippen MR) is 61.2 cm³/mol. The maximum absolute atomic E-state index is 6.05. The van der Waals surface area contributed by atoms with Gasteiger partial charge in [-0.1, -0.05) is 30.1 Å². The van der Waals surface area contributed by atoms with Crippen LogP contribution in [0, 0.1) is 0 Å². The highest BCUT2D eigenvalue weighted by molar-refractivity contribution is 7.19. The van der Waals surface area contributed by atoms with Crippen molar-refractivity contribution in [2.75, 3.05) is 0 Å². The molecule has 13 heavy (non-hydrogen) atoms. The molecule has 0 aliphatic carbocycles. The normalized spacial score (nSPS) is 11.0. The first-order chi connectivity index (χ1) is 6.22. The summed E-state index contributed by atoms with van der Waals surface area (Å²) in [6.07, 6.45) is 1.03. The minimum absolute atomic E-state index is 0.787. The molecular formula is C10H8Cl2S. The van der Waals surface area contributed by atoms with Gasteiger partial charge in [0.25, 0.3) is 0 Å². The maximum atomic E-state index is 6.05. The Morgan fingerprint density at radius 3 is 2.54 bits per heavy atom. The van der Waals surface area contributed by atoms with E-state index < -0.39 is 0 Å². The summed E-state index contributed by atoms with van der Waals surface area (Å²) in [7, 11) is 0. The predicted octanol–water partition coefficient (Wildman–Crippen LogP) is 4.77. The summed E-state index contributed by atoms with van der Waals surface area (Å²) in [6.45, 7) is 2.13. The lowest BCUT2D eigenvalue weighted by molar-refractivity contribution is 1.19. The highest BCUT2D eigenvalue weighted by Gasteiger charge is 2.07. The van der Waals surface area contributed by atoms with Crippen molar-refractivity contribution >= 4 is 44.6 Å². The van der Waals surface area contributed by atoms with Crippen molar-refractivity contribution < 1.29 is 0 Å². The molecule has 0 saturated carbocycles. The van der Waals surface area contributed by atoms with Crippen LogP contribution in [-0.4, -0.2) is 0 Å². The highest BCUT2D eigenvalue weighted by atomic mass is 35.5. The zero-order chi connectivity index (χ0) is 9.42. The monoisotopic (exact) mass is 230 g/mol. The first-order valence-electron chi connectivity index (χ1n) is 4.08. The molecule has 0 amide bonds. The quantitative estimate of drug-likeness (QED) is 0.663. The van der Waals surface area contributed by atoms with E-state index in [1.54, 1.807) is 11.3 Å². The number of halogens is 2. The van der Waals surface area contributed by atoms with E-state index in [9.17, 15) is 0 Å². The van der Waals surface area contributed by atoms with Crippen LogP contribution in [0.3, 0.4) is 0 Å². The molecule has 68 valence electrons. The number of fused-ring (bicyclic) bond motifs is 1. The molecule has 1 aromatic carbocycles. The van der Waals surface area contributed by atoms with Gasteiger partial charge >= 0.3 is 0 Å². The molecule has 3 heteroatoms. The maximum Gasteiger partial charge on any atom is 0.0585 e. The molecule has 0 saturated heterocycles. The molecule has 0 aliphatic rings. The number of benzene rings is 1. The van der Waals surface area contributed by atoms with Crippen molar-refractivity contribution in [1.29, 1.82) is 0 Å². The molecule has 0 radical (unpaired) electrons. The van der Waals surface area contributed by atoms with E-state index in [4.69, 9.17) is 23.2 Å². The van der Waals surface area contributed by atoms with E-state index in [2.05, 4.69) is 13.0 Å². The second-order valence-corrected chi connectivity index (χ2v) is 4.79. The smallest absolute Gasteiger partial charge is 0.0585 e. The molecule has 0 atom stereocenters. The molecule has 0 spiro atoms. The molecule has 2 rings (SSSR count). The second-order valence-electron chi connectivity index (χ2n) is 2.84. The minimum Gasteiger partial charge on any atom is -0.139 e. The Labute approximate surface area is 91.1 Å². The van der Waals surface area contributed by atoms with Gasteiger partial charge in [-0.3, -0.25) is 0 Å². The fourth-order valence-corrected chi connectivity index (χ4v) is 2.86. The van der Waals surface area contributed by atoms with Gasteiger partial charge in [-0.25, -0.2) is 0 Å². The number of hydrogen-bond donors (Lipinski definition) is 0. The molecule has 0 fully saturated rings. The first kappa shape index (κ1) is 9.32. The highest BCUT2D eigenvalue weighted by Crippen LogP contribution is 2.36. The van der Waals surface area contributed by atoms with Gasteiger partial charge in [-0.15, -0.1) is 11.3 Å². The summed E-state index contributed by atoms with van der Waals surface area (Å²) in [5, 5.41) is 2.66. The van der Waals surface area contributed by atoms with Gasteiger partial charge in [0.2, 0.25) is 0 Å². The summed E-state index contributed by atoms with van der Waals surface area (Å²) in [4.78, 5) is 1.32. The van der Waals surface area contributed by atoms with Gasteiger partial charge in [0.1, 0.15) is 0 Å². The lowest BCUT2D eigenvalue weighted by atomic mass is 10.2. The largest absolute Gasteiger partial charge is 0.139 e. The Balaban J connectivity index is 2.80. The number of thiophene rings is 1. The van der Waals surface area contributed by atoms with Crippen LogP contribution in [0.2, 0.25) is 10.0 Å². The Morgan fingerprint density at radius 1 is 1.23 bits per heavy atom. The van der Waals surface area contributed by atoms with Crippen molar-refractivity contribution in [2.24, 2.45) is 0 Å². The molecular weight excluding hydrogens is 223 g/mol. The van der Waals surface area contributed by atoms with Gasteiger partial charge in [0.15, 0.2) is 0 Å². The topological polar surface area (TPSA) is 0 Å². The number of hydrogen-bond acceptors (Lipinski definition) is 1.